The SMILES string of the molecule is CC1(C)CSCC2(C[C@@H](N)c3ccccc3O2)C1. The molecule has 2 aliphatic rings. The Labute approximate surface area is 113 Å². The molecule has 1 fully saturated rings. The molecule has 3 rings (SSSR count). The van der Waals surface area contributed by atoms with Crippen LogP contribution in [-0.2, 0) is 0 Å². The predicted molar refractivity (Wildman–Crippen MR) is 77.1 cm³/mol. The maximum absolute atomic E-state index is 6.37. The number of nitrogens with two attached hydrogens (primary N) is 1. The summed E-state index contributed by atoms with van der Waals surface area (Å²) in [5.41, 5.74) is 7.80. The standard InChI is InChI=1S/C15H21NOS/c1-14(2)8-15(10-18-9-14)7-12(16)11-5-3-4-6-13(11)17-15/h3-6,12H,7-10,16H2,1-2H3/t12-,15?/m1/s1. The van der Waals surface area contributed by atoms with E-state index in [4.69, 9.17) is 10.5 Å². The van der Waals surface area contributed by atoms with Crippen LogP contribution >= 0.6 is 11.8 Å². The summed E-state index contributed by atoms with van der Waals surface area (Å²) in [5.74, 6) is 3.28. The molecule has 0 bridgehead atoms. The minimum absolute atomic E-state index is 0.0554. The lowest BCUT2D eigenvalue weighted by molar-refractivity contribution is 0.0167. The topological polar surface area (TPSA) is 35.2 Å². The van der Waals surface area contributed by atoms with Crippen molar-refractivity contribution in [2.24, 2.45) is 11.1 Å². The fraction of sp³-hybridized carbons (Fsp3) is 0.600. The van der Waals surface area contributed by atoms with Crippen LogP contribution in [0.4, 0.5) is 0 Å². The van der Waals surface area contributed by atoms with Gasteiger partial charge in [-0.1, -0.05) is 32.0 Å². The molecule has 1 aromatic carbocycles. The molecule has 3 heteroatoms. The number of para-hydroxylation sites is 1. The first-order valence-electron chi connectivity index (χ1n) is 6.61. The van der Waals surface area contributed by atoms with Crippen molar-refractivity contribution < 1.29 is 4.74 Å². The third-order valence-corrected chi connectivity index (χ3v) is 5.61. The summed E-state index contributed by atoms with van der Waals surface area (Å²) in [4.78, 5) is 0. The van der Waals surface area contributed by atoms with Crippen molar-refractivity contribution >= 4 is 11.8 Å². The van der Waals surface area contributed by atoms with E-state index < -0.39 is 0 Å². The summed E-state index contributed by atoms with van der Waals surface area (Å²) in [5, 5.41) is 0. The van der Waals surface area contributed by atoms with Gasteiger partial charge in [0.1, 0.15) is 11.4 Å². The fourth-order valence-electron chi connectivity index (χ4n) is 3.35. The van der Waals surface area contributed by atoms with Gasteiger partial charge in [0.05, 0.1) is 0 Å². The molecule has 0 saturated carbocycles. The van der Waals surface area contributed by atoms with Gasteiger partial charge >= 0.3 is 0 Å². The smallest absolute Gasteiger partial charge is 0.124 e. The van der Waals surface area contributed by atoms with Crippen LogP contribution in [0.25, 0.3) is 0 Å². The van der Waals surface area contributed by atoms with E-state index >= 15 is 0 Å². The molecular weight excluding hydrogens is 242 g/mol. The third-order valence-electron chi connectivity index (χ3n) is 3.90. The van der Waals surface area contributed by atoms with Gasteiger partial charge < -0.3 is 10.5 Å². The monoisotopic (exact) mass is 263 g/mol. The summed E-state index contributed by atoms with van der Waals surface area (Å²) in [6.07, 6.45) is 2.05. The highest BCUT2D eigenvalue weighted by atomic mass is 32.2. The largest absolute Gasteiger partial charge is 0.486 e. The van der Waals surface area contributed by atoms with Crippen molar-refractivity contribution in [3.05, 3.63) is 29.8 Å². The molecular formula is C15H21NOS. The van der Waals surface area contributed by atoms with Crippen molar-refractivity contribution in [3.63, 3.8) is 0 Å². The first kappa shape index (κ1) is 12.4. The molecule has 1 unspecified atom stereocenters. The maximum Gasteiger partial charge on any atom is 0.124 e. The summed E-state index contributed by atoms with van der Waals surface area (Å²) in [7, 11) is 0. The quantitative estimate of drug-likeness (QED) is 0.779. The van der Waals surface area contributed by atoms with Crippen LogP contribution in [0.3, 0.4) is 0 Å². The van der Waals surface area contributed by atoms with Gasteiger partial charge in [-0.15, -0.1) is 0 Å². The zero-order valence-corrected chi connectivity index (χ0v) is 11.9. The van der Waals surface area contributed by atoms with E-state index in [0.29, 0.717) is 5.41 Å². The van der Waals surface area contributed by atoms with E-state index in [1.807, 2.05) is 23.9 Å². The molecule has 2 aliphatic heterocycles. The summed E-state index contributed by atoms with van der Waals surface area (Å²) >= 11 is 2.00. The molecule has 2 nitrogen and oxygen atoms in total. The molecule has 2 atom stereocenters. The van der Waals surface area contributed by atoms with Crippen LogP contribution in [0.2, 0.25) is 0 Å². The van der Waals surface area contributed by atoms with Crippen LogP contribution in [0.15, 0.2) is 24.3 Å². The zero-order chi connectivity index (χ0) is 12.8. The Hall–Kier alpha value is -0.670. The van der Waals surface area contributed by atoms with Crippen molar-refractivity contribution in [3.8, 4) is 5.75 Å². The van der Waals surface area contributed by atoms with Gasteiger partial charge in [0.15, 0.2) is 0 Å². The minimum atomic E-state index is -0.0554. The van der Waals surface area contributed by atoms with Crippen molar-refractivity contribution in [1.29, 1.82) is 0 Å². The Morgan fingerprint density at radius 3 is 2.83 bits per heavy atom. The molecule has 1 saturated heterocycles. The van der Waals surface area contributed by atoms with E-state index in [2.05, 4.69) is 26.0 Å². The minimum Gasteiger partial charge on any atom is -0.486 e. The number of hydrogen-bond acceptors (Lipinski definition) is 3. The van der Waals surface area contributed by atoms with Crippen LogP contribution in [0.1, 0.15) is 38.3 Å². The Balaban J connectivity index is 1.93. The van der Waals surface area contributed by atoms with E-state index in [-0.39, 0.29) is 11.6 Å². The summed E-state index contributed by atoms with van der Waals surface area (Å²) < 4.78 is 6.37. The predicted octanol–water partition coefficient (Wildman–Crippen LogP) is 3.37. The molecule has 2 N–H and O–H groups in total. The Morgan fingerprint density at radius 2 is 2.06 bits per heavy atom. The van der Waals surface area contributed by atoms with Crippen molar-refractivity contribution in [1.82, 2.24) is 0 Å². The molecule has 0 aromatic heterocycles. The molecule has 0 amide bonds. The molecule has 0 aliphatic carbocycles. The van der Waals surface area contributed by atoms with Gasteiger partial charge in [-0.05, 0) is 23.7 Å². The van der Waals surface area contributed by atoms with Crippen molar-refractivity contribution in [2.75, 3.05) is 11.5 Å². The van der Waals surface area contributed by atoms with Gasteiger partial charge in [-0.2, -0.15) is 11.8 Å². The normalized spacial score (nSPS) is 33.8. The lowest BCUT2D eigenvalue weighted by Gasteiger charge is -2.48. The molecule has 2 heterocycles. The number of rotatable bonds is 0. The lowest BCUT2D eigenvalue weighted by Crippen LogP contribution is -2.51. The summed E-state index contributed by atoms with van der Waals surface area (Å²) in [6.45, 7) is 4.66. The molecule has 1 spiro atoms. The fourth-order valence-corrected chi connectivity index (χ4v) is 4.76. The van der Waals surface area contributed by atoms with Gasteiger partial charge in [0.25, 0.3) is 0 Å². The number of fused-ring (bicyclic) bond motifs is 1. The molecule has 0 radical (unpaired) electrons. The first-order valence-corrected chi connectivity index (χ1v) is 7.77. The first-order chi connectivity index (χ1) is 8.50. The van der Waals surface area contributed by atoms with E-state index in [9.17, 15) is 0 Å². The van der Waals surface area contributed by atoms with E-state index in [0.717, 1.165) is 29.9 Å². The second kappa shape index (κ2) is 4.17. The van der Waals surface area contributed by atoms with Gasteiger partial charge in [0.2, 0.25) is 0 Å². The maximum atomic E-state index is 6.37. The van der Waals surface area contributed by atoms with Crippen LogP contribution < -0.4 is 10.5 Å². The number of ether oxygens (including phenoxy) is 1. The summed E-state index contributed by atoms with van der Waals surface area (Å²) in [6, 6.07) is 8.34. The third kappa shape index (κ3) is 2.14. The molecule has 18 heavy (non-hydrogen) atoms. The number of hydrogen-bond donors (Lipinski definition) is 1. The second-order valence-electron chi connectivity index (χ2n) is 6.47. The Kier molecular flexibility index (Phi) is 2.87. The Bertz CT molecular complexity index is 460. The molecule has 1 aromatic rings. The average Bonchev–Trinajstić information content (AvgIpc) is 2.27. The van der Waals surface area contributed by atoms with Gasteiger partial charge in [-0.25, -0.2) is 0 Å². The highest BCUT2D eigenvalue weighted by molar-refractivity contribution is 7.99. The van der Waals surface area contributed by atoms with Crippen LogP contribution in [0.5, 0.6) is 5.75 Å². The number of benzene rings is 1. The van der Waals surface area contributed by atoms with E-state index in [1.54, 1.807) is 0 Å². The highest BCUT2D eigenvalue weighted by Crippen LogP contribution is 2.48. The van der Waals surface area contributed by atoms with E-state index in [1.165, 1.54) is 5.75 Å². The second-order valence-corrected chi connectivity index (χ2v) is 7.45. The molecule has 98 valence electrons. The number of thioether (sulfide) groups is 1. The van der Waals surface area contributed by atoms with Crippen LogP contribution in [0, 0.1) is 5.41 Å². The average molecular weight is 263 g/mol. The highest BCUT2D eigenvalue weighted by Gasteiger charge is 2.46. The van der Waals surface area contributed by atoms with Gasteiger partial charge in [0, 0.05) is 23.8 Å². The van der Waals surface area contributed by atoms with Crippen LogP contribution in [-0.4, -0.2) is 17.1 Å². The van der Waals surface area contributed by atoms with Crippen molar-refractivity contribution in [2.45, 2.75) is 38.3 Å². The Morgan fingerprint density at radius 1 is 1.28 bits per heavy atom. The lowest BCUT2D eigenvalue weighted by atomic mass is 9.76. The van der Waals surface area contributed by atoms with Gasteiger partial charge in [-0.3, -0.25) is 0 Å². The zero-order valence-electron chi connectivity index (χ0n) is 11.1.